The Kier molecular flexibility index (Phi) is 6.63. The second-order valence-electron chi connectivity index (χ2n) is 5.88. The molecule has 2 rings (SSSR count). The van der Waals surface area contributed by atoms with Crippen LogP contribution in [-0.4, -0.2) is 27.7 Å². The van der Waals surface area contributed by atoms with Gasteiger partial charge in [-0.3, -0.25) is 4.79 Å². The molecule has 0 aliphatic carbocycles. The van der Waals surface area contributed by atoms with Crippen LogP contribution < -0.4 is 14.8 Å². The maximum atomic E-state index is 12.5. The average molecular weight is 397 g/mol. The number of benzene rings is 2. The lowest BCUT2D eigenvalue weighted by atomic mass is 10.0. The fourth-order valence-corrected chi connectivity index (χ4v) is 3.36. The van der Waals surface area contributed by atoms with Gasteiger partial charge in [-0.15, -0.1) is 0 Å². The van der Waals surface area contributed by atoms with Crippen LogP contribution in [0.1, 0.15) is 23.6 Å². The molecule has 8 heteroatoms. The molecule has 0 radical (unpaired) electrons. The molecule has 0 saturated heterocycles. The number of hydrogen-bond donors (Lipinski definition) is 2. The summed E-state index contributed by atoms with van der Waals surface area (Å²) in [7, 11) is -1.96. The summed E-state index contributed by atoms with van der Waals surface area (Å²) in [6.07, 6.45) is 0.994. The standard InChI is InChI=1S/C18H21ClN2O4S/c1-12-15(19)5-4-6-16(12)20-18(22)11-17(21-26(3,23)24)13-7-9-14(25-2)10-8-13/h4-10,17,21H,11H2,1-3H3,(H,20,22)/t17-/m1/s1. The van der Waals surface area contributed by atoms with Gasteiger partial charge in [0.05, 0.1) is 19.4 Å². The van der Waals surface area contributed by atoms with E-state index in [1.165, 1.54) is 0 Å². The van der Waals surface area contributed by atoms with Crippen molar-refractivity contribution in [1.29, 1.82) is 0 Å². The predicted octanol–water partition coefficient (Wildman–Crippen LogP) is 3.28. The van der Waals surface area contributed by atoms with Gasteiger partial charge >= 0.3 is 0 Å². The van der Waals surface area contributed by atoms with Crippen LogP contribution in [0.2, 0.25) is 5.02 Å². The van der Waals surface area contributed by atoms with Gasteiger partial charge in [0.1, 0.15) is 5.75 Å². The summed E-state index contributed by atoms with van der Waals surface area (Å²) in [4.78, 5) is 12.5. The number of carbonyl (C=O) groups excluding carboxylic acids is 1. The van der Waals surface area contributed by atoms with E-state index in [0.29, 0.717) is 22.0 Å². The van der Waals surface area contributed by atoms with Crippen LogP contribution >= 0.6 is 11.6 Å². The molecule has 0 heterocycles. The molecule has 0 aromatic heterocycles. The molecule has 0 aliphatic rings. The number of methoxy groups -OCH3 is 1. The van der Waals surface area contributed by atoms with E-state index in [1.54, 1.807) is 56.5 Å². The second-order valence-corrected chi connectivity index (χ2v) is 8.07. The Morgan fingerprint density at radius 3 is 2.42 bits per heavy atom. The molecule has 140 valence electrons. The van der Waals surface area contributed by atoms with Crippen molar-refractivity contribution in [2.24, 2.45) is 0 Å². The van der Waals surface area contributed by atoms with E-state index >= 15 is 0 Å². The van der Waals surface area contributed by atoms with Crippen molar-refractivity contribution in [2.45, 2.75) is 19.4 Å². The fourth-order valence-electron chi connectivity index (χ4n) is 2.45. The zero-order valence-electron chi connectivity index (χ0n) is 14.7. The summed E-state index contributed by atoms with van der Waals surface area (Å²) in [6, 6.07) is 11.4. The number of hydrogen-bond acceptors (Lipinski definition) is 4. The summed E-state index contributed by atoms with van der Waals surface area (Å²) >= 11 is 6.06. The molecule has 0 bridgehead atoms. The monoisotopic (exact) mass is 396 g/mol. The van der Waals surface area contributed by atoms with E-state index in [-0.39, 0.29) is 12.3 Å². The van der Waals surface area contributed by atoms with Gasteiger partial charge in [-0.1, -0.05) is 29.8 Å². The first kappa shape index (κ1) is 20.2. The molecule has 6 nitrogen and oxygen atoms in total. The third kappa shape index (κ3) is 5.72. The Labute approximate surface area is 158 Å². The third-order valence-electron chi connectivity index (χ3n) is 3.81. The number of amides is 1. The van der Waals surface area contributed by atoms with Crippen molar-refractivity contribution >= 4 is 33.2 Å². The third-order valence-corrected chi connectivity index (χ3v) is 4.93. The van der Waals surface area contributed by atoms with Crippen LogP contribution in [0.15, 0.2) is 42.5 Å². The van der Waals surface area contributed by atoms with Crippen molar-refractivity contribution < 1.29 is 17.9 Å². The van der Waals surface area contributed by atoms with Crippen LogP contribution in [0.5, 0.6) is 5.75 Å². The molecule has 1 atom stereocenters. The van der Waals surface area contributed by atoms with E-state index in [2.05, 4.69) is 10.0 Å². The molecule has 0 unspecified atom stereocenters. The molecule has 0 spiro atoms. The average Bonchev–Trinajstić information content (AvgIpc) is 2.57. The molecular formula is C18H21ClN2O4S. The van der Waals surface area contributed by atoms with Gasteiger partial charge in [0, 0.05) is 17.1 Å². The van der Waals surface area contributed by atoms with Gasteiger partial charge < -0.3 is 10.1 Å². The Bertz CT molecular complexity index is 883. The molecule has 2 aromatic rings. The minimum absolute atomic E-state index is 0.0641. The van der Waals surface area contributed by atoms with E-state index in [0.717, 1.165) is 11.8 Å². The molecule has 0 aliphatic heterocycles. The van der Waals surface area contributed by atoms with Gasteiger partial charge in [-0.2, -0.15) is 0 Å². The number of ether oxygens (including phenoxy) is 1. The van der Waals surface area contributed by atoms with E-state index in [1.807, 2.05) is 0 Å². The highest BCUT2D eigenvalue weighted by Gasteiger charge is 2.20. The first-order chi connectivity index (χ1) is 12.2. The zero-order valence-corrected chi connectivity index (χ0v) is 16.3. The summed E-state index contributed by atoms with van der Waals surface area (Å²) < 4.78 is 31.0. The molecule has 0 saturated carbocycles. The van der Waals surface area contributed by atoms with Crippen molar-refractivity contribution in [1.82, 2.24) is 4.72 Å². The van der Waals surface area contributed by atoms with Crippen LogP contribution in [0.25, 0.3) is 0 Å². The number of nitrogens with one attached hydrogen (secondary N) is 2. The Balaban J connectivity index is 2.19. The number of anilines is 1. The molecule has 2 N–H and O–H groups in total. The van der Waals surface area contributed by atoms with Gasteiger partial charge in [0.25, 0.3) is 0 Å². The first-order valence-corrected chi connectivity index (χ1v) is 10.1. The lowest BCUT2D eigenvalue weighted by Gasteiger charge is -2.18. The number of rotatable bonds is 7. The number of sulfonamides is 1. The highest BCUT2D eigenvalue weighted by Crippen LogP contribution is 2.25. The zero-order chi connectivity index (χ0) is 19.3. The van der Waals surface area contributed by atoms with Crippen molar-refractivity contribution in [3.05, 3.63) is 58.6 Å². The van der Waals surface area contributed by atoms with E-state index in [4.69, 9.17) is 16.3 Å². The fraction of sp³-hybridized carbons (Fsp3) is 0.278. The Hall–Kier alpha value is -2.09. The van der Waals surface area contributed by atoms with Crippen LogP contribution in [0.4, 0.5) is 5.69 Å². The summed E-state index contributed by atoms with van der Waals surface area (Å²) in [5.74, 6) is 0.318. The quantitative estimate of drug-likeness (QED) is 0.752. The largest absolute Gasteiger partial charge is 0.497 e. The lowest BCUT2D eigenvalue weighted by Crippen LogP contribution is -2.30. The summed E-state index contributed by atoms with van der Waals surface area (Å²) in [5.41, 5.74) is 2.00. The normalized spacial score (nSPS) is 12.5. The Morgan fingerprint density at radius 2 is 1.85 bits per heavy atom. The maximum absolute atomic E-state index is 12.5. The molecule has 1 amide bonds. The molecular weight excluding hydrogens is 376 g/mol. The molecule has 2 aromatic carbocycles. The Morgan fingerprint density at radius 1 is 1.19 bits per heavy atom. The minimum Gasteiger partial charge on any atom is -0.497 e. The van der Waals surface area contributed by atoms with Crippen molar-refractivity contribution in [3.8, 4) is 5.75 Å². The summed E-state index contributed by atoms with van der Waals surface area (Å²) in [6.45, 7) is 1.80. The highest BCUT2D eigenvalue weighted by molar-refractivity contribution is 7.88. The lowest BCUT2D eigenvalue weighted by molar-refractivity contribution is -0.116. The summed E-state index contributed by atoms with van der Waals surface area (Å²) in [5, 5.41) is 3.32. The van der Waals surface area contributed by atoms with E-state index < -0.39 is 16.1 Å². The minimum atomic E-state index is -3.50. The van der Waals surface area contributed by atoms with E-state index in [9.17, 15) is 13.2 Å². The molecule has 26 heavy (non-hydrogen) atoms. The maximum Gasteiger partial charge on any atom is 0.226 e. The predicted molar refractivity (Wildman–Crippen MR) is 103 cm³/mol. The van der Waals surface area contributed by atoms with Crippen LogP contribution in [0.3, 0.4) is 0 Å². The first-order valence-electron chi connectivity index (χ1n) is 7.86. The van der Waals surface area contributed by atoms with Gasteiger partial charge in [0.2, 0.25) is 15.9 Å². The van der Waals surface area contributed by atoms with Gasteiger partial charge in [-0.05, 0) is 42.3 Å². The smallest absolute Gasteiger partial charge is 0.226 e. The topological polar surface area (TPSA) is 84.5 Å². The van der Waals surface area contributed by atoms with Gasteiger partial charge in [0.15, 0.2) is 0 Å². The number of carbonyl (C=O) groups is 1. The van der Waals surface area contributed by atoms with Crippen LogP contribution in [0, 0.1) is 6.92 Å². The highest BCUT2D eigenvalue weighted by atomic mass is 35.5. The SMILES string of the molecule is COc1ccc([C@@H](CC(=O)Nc2cccc(Cl)c2C)NS(C)(=O)=O)cc1. The second kappa shape index (κ2) is 8.53. The van der Waals surface area contributed by atoms with Crippen molar-refractivity contribution in [2.75, 3.05) is 18.7 Å². The van der Waals surface area contributed by atoms with Crippen LogP contribution in [-0.2, 0) is 14.8 Å². The van der Waals surface area contributed by atoms with Crippen molar-refractivity contribution in [3.63, 3.8) is 0 Å². The number of halogens is 1. The van der Waals surface area contributed by atoms with Gasteiger partial charge in [-0.25, -0.2) is 13.1 Å². The molecule has 0 fully saturated rings.